The van der Waals surface area contributed by atoms with Gasteiger partial charge in [0.2, 0.25) is 17.9 Å². The monoisotopic (exact) mass is 590 g/mol. The third-order valence-electron chi connectivity index (χ3n) is 7.57. The number of halogens is 4. The molecule has 1 fully saturated rings. The quantitative estimate of drug-likeness (QED) is 0.314. The topological polar surface area (TPSA) is 120 Å². The molecule has 1 spiro atoms. The van der Waals surface area contributed by atoms with E-state index in [4.69, 9.17) is 15.2 Å². The smallest absolute Gasteiger partial charge is 0.429 e. The summed E-state index contributed by atoms with van der Waals surface area (Å²) < 4.78 is 53.1. The highest BCUT2D eigenvalue weighted by Crippen LogP contribution is 2.45. The molecule has 218 valence electrons. The fourth-order valence-corrected chi connectivity index (χ4v) is 5.38. The highest BCUT2D eigenvalue weighted by molar-refractivity contribution is 5.85. The van der Waals surface area contributed by atoms with Gasteiger partial charge in [-0.3, -0.25) is 4.79 Å². The number of hydrogen-bond acceptors (Lipinski definition) is 7. The second kappa shape index (κ2) is 12.0. The molecule has 2 aliphatic rings. The van der Waals surface area contributed by atoms with Crippen LogP contribution in [0.3, 0.4) is 0 Å². The number of allylic oxidation sites excluding steroid dienone is 2. The predicted molar refractivity (Wildman–Crippen MR) is 150 cm³/mol. The molecule has 5 rings (SSSR count). The number of hydrogen-bond donors (Lipinski definition) is 3. The van der Waals surface area contributed by atoms with Gasteiger partial charge in [0.15, 0.2) is 0 Å². The average molecular weight is 591 g/mol. The highest BCUT2D eigenvalue weighted by Gasteiger charge is 2.44. The van der Waals surface area contributed by atoms with Crippen molar-refractivity contribution in [2.45, 2.75) is 44.0 Å². The maximum Gasteiger partial charge on any atom is 0.429 e. The van der Waals surface area contributed by atoms with Crippen molar-refractivity contribution in [2.75, 3.05) is 19.4 Å². The first-order valence-electron chi connectivity index (χ1n) is 12.8. The number of aliphatic carboxylic acids is 1. The van der Waals surface area contributed by atoms with Gasteiger partial charge >= 0.3 is 12.1 Å². The van der Waals surface area contributed by atoms with Crippen molar-refractivity contribution in [3.8, 4) is 22.8 Å². The number of carboxylic acids is 1. The standard InChI is InChI=1S/C29H29F3N4O4.ClH/c1-39-21-4-2-3-20(13-21)17-5-7-19(8-6-17)25(29(30,31)32)40-24-14-22(35-27(33)36-24)18-9-11-28(12-10-18)15-23(26(37)38)34-16-28;/h2-9,13-14,23,25,34H,10-12,15-16H2,1H3,(H,37,38)(H2,33,35,36);1H. The number of nitrogens with two attached hydrogens (primary N) is 1. The van der Waals surface area contributed by atoms with Crippen LogP contribution in [-0.2, 0) is 4.79 Å². The molecular formula is C29H30ClF3N4O4. The largest absolute Gasteiger partial charge is 0.497 e. The van der Waals surface area contributed by atoms with Crippen LogP contribution in [0.25, 0.3) is 16.7 Å². The molecule has 12 heteroatoms. The number of methoxy groups -OCH3 is 1. The van der Waals surface area contributed by atoms with Crippen LogP contribution >= 0.6 is 12.4 Å². The number of carbonyl (C=O) groups is 1. The van der Waals surface area contributed by atoms with E-state index in [0.717, 1.165) is 23.1 Å². The summed E-state index contributed by atoms with van der Waals surface area (Å²) in [6, 6.07) is 14.0. The Morgan fingerprint density at radius 3 is 2.51 bits per heavy atom. The Bertz CT molecular complexity index is 1430. The summed E-state index contributed by atoms with van der Waals surface area (Å²) in [5, 5.41) is 12.4. The van der Waals surface area contributed by atoms with Gasteiger partial charge in [-0.15, -0.1) is 12.4 Å². The van der Waals surface area contributed by atoms with E-state index in [2.05, 4.69) is 15.3 Å². The van der Waals surface area contributed by atoms with Gasteiger partial charge in [-0.2, -0.15) is 18.2 Å². The summed E-state index contributed by atoms with van der Waals surface area (Å²) >= 11 is 0. The van der Waals surface area contributed by atoms with E-state index < -0.39 is 24.3 Å². The van der Waals surface area contributed by atoms with Crippen molar-refractivity contribution in [1.82, 2.24) is 15.3 Å². The molecule has 4 N–H and O–H groups in total. The van der Waals surface area contributed by atoms with Gasteiger partial charge in [-0.25, -0.2) is 4.98 Å². The number of ether oxygens (including phenoxy) is 2. The predicted octanol–water partition coefficient (Wildman–Crippen LogP) is 5.84. The molecule has 0 radical (unpaired) electrons. The molecular weight excluding hydrogens is 561 g/mol. The first kappa shape index (κ1) is 30.1. The van der Waals surface area contributed by atoms with Crippen molar-refractivity contribution >= 4 is 29.9 Å². The summed E-state index contributed by atoms with van der Waals surface area (Å²) in [5.74, 6) is -0.707. The van der Waals surface area contributed by atoms with Gasteiger partial charge in [-0.1, -0.05) is 42.5 Å². The zero-order chi connectivity index (χ0) is 28.5. The fraction of sp³-hybridized carbons (Fsp3) is 0.345. The van der Waals surface area contributed by atoms with Crippen LogP contribution in [-0.4, -0.2) is 46.9 Å². The molecule has 0 bridgehead atoms. The van der Waals surface area contributed by atoms with Crippen molar-refractivity contribution in [3.05, 3.63) is 71.9 Å². The number of rotatable bonds is 7. The van der Waals surface area contributed by atoms with Gasteiger partial charge in [0.1, 0.15) is 11.8 Å². The third kappa shape index (κ3) is 6.74. The zero-order valence-corrected chi connectivity index (χ0v) is 23.0. The molecule has 2 aromatic carbocycles. The van der Waals surface area contributed by atoms with E-state index >= 15 is 0 Å². The Balaban J connectivity index is 0.00000387. The number of anilines is 1. The summed E-state index contributed by atoms with van der Waals surface area (Å²) in [6.07, 6.45) is -2.57. The van der Waals surface area contributed by atoms with Crippen LogP contribution in [0.1, 0.15) is 43.0 Å². The van der Waals surface area contributed by atoms with E-state index in [1.165, 1.54) is 18.2 Å². The number of benzene rings is 2. The van der Waals surface area contributed by atoms with E-state index in [1.807, 2.05) is 12.1 Å². The number of alkyl halides is 3. The van der Waals surface area contributed by atoms with Crippen LogP contribution in [0.5, 0.6) is 11.6 Å². The van der Waals surface area contributed by atoms with E-state index in [-0.39, 0.29) is 35.2 Å². The summed E-state index contributed by atoms with van der Waals surface area (Å²) in [5.41, 5.74) is 8.36. The lowest BCUT2D eigenvalue weighted by molar-refractivity contribution is -0.198. The number of nitrogen functional groups attached to an aromatic ring is 1. The molecule has 3 aromatic rings. The molecule has 8 nitrogen and oxygen atoms in total. The van der Waals surface area contributed by atoms with Gasteiger partial charge in [-0.05, 0) is 59.9 Å². The molecule has 1 saturated heterocycles. The van der Waals surface area contributed by atoms with Gasteiger partial charge in [0.25, 0.3) is 0 Å². The van der Waals surface area contributed by atoms with E-state index in [1.54, 1.807) is 37.4 Å². The zero-order valence-electron chi connectivity index (χ0n) is 22.1. The van der Waals surface area contributed by atoms with Crippen LogP contribution in [0.15, 0.2) is 60.7 Å². The highest BCUT2D eigenvalue weighted by atomic mass is 35.5. The maximum atomic E-state index is 14.2. The summed E-state index contributed by atoms with van der Waals surface area (Å²) in [4.78, 5) is 19.5. The minimum Gasteiger partial charge on any atom is -0.497 e. The molecule has 1 aliphatic heterocycles. The molecule has 41 heavy (non-hydrogen) atoms. The summed E-state index contributed by atoms with van der Waals surface area (Å²) in [6.45, 7) is 0.595. The van der Waals surface area contributed by atoms with Crippen molar-refractivity contribution in [1.29, 1.82) is 0 Å². The Morgan fingerprint density at radius 1 is 1.15 bits per heavy atom. The maximum absolute atomic E-state index is 14.2. The minimum atomic E-state index is -4.72. The Morgan fingerprint density at radius 2 is 1.90 bits per heavy atom. The van der Waals surface area contributed by atoms with Crippen molar-refractivity contribution < 1.29 is 32.5 Å². The molecule has 1 aliphatic carbocycles. The first-order chi connectivity index (χ1) is 19.0. The lowest BCUT2D eigenvalue weighted by Crippen LogP contribution is -2.30. The molecule has 1 aromatic heterocycles. The Kier molecular flexibility index (Phi) is 8.79. The normalized spacial score (nSPS) is 21.1. The Hall–Kier alpha value is -3.83. The fourth-order valence-electron chi connectivity index (χ4n) is 5.38. The molecule has 2 heterocycles. The van der Waals surface area contributed by atoms with Crippen LogP contribution < -0.4 is 20.5 Å². The van der Waals surface area contributed by atoms with E-state index in [0.29, 0.717) is 37.3 Å². The number of nitrogens with zero attached hydrogens (tertiary/aromatic N) is 2. The van der Waals surface area contributed by atoms with Crippen LogP contribution in [0, 0.1) is 5.41 Å². The molecule has 3 unspecified atom stereocenters. The van der Waals surface area contributed by atoms with Gasteiger partial charge < -0.3 is 25.6 Å². The number of carboxylic acid groups (broad SMARTS) is 1. The van der Waals surface area contributed by atoms with E-state index in [9.17, 15) is 23.1 Å². The van der Waals surface area contributed by atoms with Crippen molar-refractivity contribution in [3.63, 3.8) is 0 Å². The van der Waals surface area contributed by atoms with Gasteiger partial charge in [0, 0.05) is 18.2 Å². The van der Waals surface area contributed by atoms with Crippen molar-refractivity contribution in [2.24, 2.45) is 5.41 Å². The summed E-state index contributed by atoms with van der Waals surface area (Å²) in [7, 11) is 1.55. The Labute approximate surface area is 241 Å². The number of aromatic nitrogens is 2. The average Bonchev–Trinajstić information content (AvgIpc) is 3.35. The first-order valence-corrected chi connectivity index (χ1v) is 12.8. The second-order valence-corrected chi connectivity index (χ2v) is 10.3. The molecule has 3 atom stereocenters. The van der Waals surface area contributed by atoms with Crippen LogP contribution in [0.4, 0.5) is 19.1 Å². The molecule has 0 amide bonds. The second-order valence-electron chi connectivity index (χ2n) is 10.3. The SMILES string of the molecule is COc1cccc(-c2ccc(C(Oc3cc(C4=CCC5(CC4)CNC(C(=O)O)C5)nc(N)n3)C(F)(F)F)cc2)c1.Cl. The minimum absolute atomic E-state index is 0. The number of nitrogens with one attached hydrogen (secondary N) is 1. The molecule has 0 saturated carbocycles. The third-order valence-corrected chi connectivity index (χ3v) is 7.57. The van der Waals surface area contributed by atoms with Crippen LogP contribution in [0.2, 0.25) is 0 Å². The lowest BCUT2D eigenvalue weighted by atomic mass is 9.73. The lowest BCUT2D eigenvalue weighted by Gasteiger charge is -2.31. The van der Waals surface area contributed by atoms with Gasteiger partial charge in [0.05, 0.1) is 12.8 Å².